The Bertz CT molecular complexity index is 84.2. The van der Waals surface area contributed by atoms with Crippen molar-refractivity contribution in [2.45, 2.75) is 25.5 Å². The Labute approximate surface area is 46.7 Å². The third kappa shape index (κ3) is 2.76. The summed E-state index contributed by atoms with van der Waals surface area (Å²) in [6.07, 6.45) is 0. The van der Waals surface area contributed by atoms with Crippen molar-refractivity contribution in [3.05, 3.63) is 0 Å². The van der Waals surface area contributed by atoms with E-state index in [1.165, 1.54) is 0 Å². The molecular formula is C4H11NOS. The van der Waals surface area contributed by atoms with E-state index in [4.69, 9.17) is 5.14 Å². The average Bonchev–Trinajstić information content (AvgIpc) is 1.31. The predicted octanol–water partition coefficient (Wildman–Crippen LogP) is 0.407. The maximum atomic E-state index is 10.4. The SMILES string of the molecule is CC(C)(C)[S@@]([15NH2])=O. The van der Waals surface area contributed by atoms with Crippen LogP contribution < -0.4 is 5.14 Å². The first-order valence-electron chi connectivity index (χ1n) is 2.11. The summed E-state index contributed by atoms with van der Waals surface area (Å²) in [5.41, 5.74) is 0. The summed E-state index contributed by atoms with van der Waals surface area (Å²) < 4.78 is 10.1. The van der Waals surface area contributed by atoms with Crippen LogP contribution in [0.2, 0.25) is 0 Å². The minimum Gasteiger partial charge on any atom is -0.251 e. The standard InChI is InChI=1S/C4H11NOS/c1-4(2,3)7(5)6/h5H2,1-3H3/t7-/m0/s1/i5+1. The third-order valence-corrected chi connectivity index (χ3v) is 1.81. The zero-order valence-corrected chi connectivity index (χ0v) is 5.71. The molecule has 0 unspecified atom stereocenters. The van der Waals surface area contributed by atoms with Crippen LogP contribution in [0.25, 0.3) is 0 Å². The van der Waals surface area contributed by atoms with E-state index in [0.29, 0.717) is 0 Å². The smallest absolute Gasteiger partial charge is 0.0942 e. The second-order valence-electron chi connectivity index (χ2n) is 2.41. The molecule has 0 aromatic rings. The average molecular weight is 122 g/mol. The van der Waals surface area contributed by atoms with Crippen LogP contribution in [-0.2, 0) is 11.0 Å². The Morgan fingerprint density at radius 3 is 1.57 bits per heavy atom. The molecule has 0 aliphatic rings. The van der Waals surface area contributed by atoms with Crippen LogP contribution in [0.4, 0.5) is 0 Å². The lowest BCUT2D eigenvalue weighted by atomic mass is 10.3. The van der Waals surface area contributed by atoms with Crippen molar-refractivity contribution in [1.29, 1.82) is 0 Å². The maximum absolute atomic E-state index is 10.4. The first-order valence-corrected chi connectivity index (χ1v) is 3.32. The van der Waals surface area contributed by atoms with Gasteiger partial charge < -0.3 is 0 Å². The van der Waals surface area contributed by atoms with Gasteiger partial charge in [0.2, 0.25) is 0 Å². The molecular weight excluding hydrogens is 111 g/mol. The van der Waals surface area contributed by atoms with Gasteiger partial charge in [0.15, 0.2) is 0 Å². The molecule has 0 heterocycles. The lowest BCUT2D eigenvalue weighted by Crippen LogP contribution is -2.27. The van der Waals surface area contributed by atoms with Crippen LogP contribution in [0.15, 0.2) is 0 Å². The number of hydrogen-bond donors (Lipinski definition) is 1. The molecule has 1 atom stereocenters. The highest BCUT2D eigenvalue weighted by Gasteiger charge is 2.14. The van der Waals surface area contributed by atoms with Gasteiger partial charge in [-0.1, -0.05) is 0 Å². The van der Waals surface area contributed by atoms with Crippen molar-refractivity contribution in [2.24, 2.45) is 5.14 Å². The monoisotopic (exact) mass is 122 g/mol. The van der Waals surface area contributed by atoms with Gasteiger partial charge in [0.1, 0.15) is 0 Å². The predicted molar refractivity (Wildman–Crippen MR) is 32.1 cm³/mol. The van der Waals surface area contributed by atoms with E-state index in [2.05, 4.69) is 0 Å². The largest absolute Gasteiger partial charge is 0.251 e. The van der Waals surface area contributed by atoms with Crippen LogP contribution in [-0.4, -0.2) is 8.96 Å². The molecule has 0 fully saturated rings. The molecule has 0 aromatic carbocycles. The number of hydrogen-bond acceptors (Lipinski definition) is 1. The summed E-state index contributed by atoms with van der Waals surface area (Å²) in [5.74, 6) is 0. The van der Waals surface area contributed by atoms with E-state index < -0.39 is 11.0 Å². The highest BCUT2D eigenvalue weighted by atomic mass is 32.2. The Kier molecular flexibility index (Phi) is 1.95. The molecule has 44 valence electrons. The van der Waals surface area contributed by atoms with Crippen molar-refractivity contribution < 1.29 is 4.21 Å². The van der Waals surface area contributed by atoms with Crippen LogP contribution in [0.5, 0.6) is 0 Å². The zero-order valence-electron chi connectivity index (χ0n) is 4.89. The van der Waals surface area contributed by atoms with Gasteiger partial charge in [0.05, 0.1) is 15.7 Å². The van der Waals surface area contributed by atoms with E-state index in [1.807, 2.05) is 20.8 Å². The Balaban J connectivity index is 3.79. The van der Waals surface area contributed by atoms with E-state index in [1.54, 1.807) is 0 Å². The molecule has 0 radical (unpaired) electrons. The molecule has 0 aliphatic heterocycles. The first kappa shape index (κ1) is 7.11. The Morgan fingerprint density at radius 2 is 1.57 bits per heavy atom. The second kappa shape index (κ2) is 1.92. The van der Waals surface area contributed by atoms with Gasteiger partial charge in [-0.15, -0.1) is 0 Å². The second-order valence-corrected chi connectivity index (χ2v) is 4.23. The topological polar surface area (TPSA) is 43.1 Å². The lowest BCUT2D eigenvalue weighted by molar-refractivity contribution is 0.650. The molecule has 0 saturated carbocycles. The fourth-order valence-corrected chi connectivity index (χ4v) is 0. The molecule has 2 N–H and O–H groups in total. The van der Waals surface area contributed by atoms with Crippen LogP contribution in [0.1, 0.15) is 20.8 Å². The summed E-state index contributed by atoms with van der Waals surface area (Å²) in [6.45, 7) is 5.51. The fraction of sp³-hybridized carbons (Fsp3) is 1.00. The van der Waals surface area contributed by atoms with Crippen molar-refractivity contribution in [3.8, 4) is 0 Å². The molecule has 0 bridgehead atoms. The highest BCUT2D eigenvalue weighted by Crippen LogP contribution is 2.04. The molecule has 2 nitrogen and oxygen atoms in total. The van der Waals surface area contributed by atoms with Crippen LogP contribution >= 0.6 is 0 Å². The van der Waals surface area contributed by atoms with Gasteiger partial charge in [-0.3, -0.25) is 5.14 Å². The fourth-order valence-electron chi connectivity index (χ4n) is 0. The van der Waals surface area contributed by atoms with E-state index in [0.717, 1.165) is 0 Å². The summed E-state index contributed by atoms with van der Waals surface area (Å²) >= 11 is 0. The molecule has 0 aromatic heterocycles. The quantitative estimate of drug-likeness (QED) is 0.464. The molecule has 0 amide bonds. The normalized spacial score (nSPS) is 16.6. The van der Waals surface area contributed by atoms with Crippen molar-refractivity contribution in [3.63, 3.8) is 0 Å². The molecule has 0 rings (SSSR count). The molecule has 7 heavy (non-hydrogen) atoms. The maximum Gasteiger partial charge on any atom is 0.0942 e. The first-order chi connectivity index (χ1) is 2.94. The number of nitrogens with two attached hydrogens (primary N) is 1. The van der Waals surface area contributed by atoms with E-state index in [9.17, 15) is 4.21 Å². The molecule has 3 heteroatoms. The van der Waals surface area contributed by atoms with E-state index in [-0.39, 0.29) is 4.75 Å². The molecule has 0 spiro atoms. The molecule has 0 aliphatic carbocycles. The highest BCUT2D eigenvalue weighted by molar-refractivity contribution is 7.84. The Hall–Kier alpha value is 0.110. The zero-order chi connectivity index (χ0) is 6.08. The summed E-state index contributed by atoms with van der Waals surface area (Å²) in [4.78, 5) is 0. The minimum atomic E-state index is -1.18. The van der Waals surface area contributed by atoms with Crippen molar-refractivity contribution >= 4 is 11.0 Å². The van der Waals surface area contributed by atoms with Crippen molar-refractivity contribution in [1.82, 2.24) is 0 Å². The van der Waals surface area contributed by atoms with Gasteiger partial charge in [-0.2, -0.15) is 0 Å². The van der Waals surface area contributed by atoms with Gasteiger partial charge in [0.25, 0.3) is 0 Å². The van der Waals surface area contributed by atoms with Gasteiger partial charge in [-0.25, -0.2) is 4.21 Å². The van der Waals surface area contributed by atoms with Crippen LogP contribution in [0, 0.1) is 0 Å². The van der Waals surface area contributed by atoms with Crippen molar-refractivity contribution in [2.75, 3.05) is 0 Å². The summed E-state index contributed by atoms with van der Waals surface area (Å²) in [6, 6.07) is 0. The number of rotatable bonds is 0. The van der Waals surface area contributed by atoms with Crippen LogP contribution in [0.3, 0.4) is 0 Å². The molecule has 0 saturated heterocycles. The van der Waals surface area contributed by atoms with Gasteiger partial charge in [-0.05, 0) is 20.8 Å². The van der Waals surface area contributed by atoms with E-state index >= 15 is 0 Å². The minimum absolute atomic E-state index is 0.250. The van der Waals surface area contributed by atoms with Gasteiger partial charge in [0, 0.05) is 0 Å². The Morgan fingerprint density at radius 1 is 1.43 bits per heavy atom. The summed E-state index contributed by atoms with van der Waals surface area (Å²) in [5, 5.41) is 5.04. The van der Waals surface area contributed by atoms with Gasteiger partial charge >= 0.3 is 0 Å². The third-order valence-electron chi connectivity index (χ3n) is 0.604. The summed E-state index contributed by atoms with van der Waals surface area (Å²) in [7, 11) is -1.18. The lowest BCUT2D eigenvalue weighted by Gasteiger charge is -2.11.